The summed E-state index contributed by atoms with van der Waals surface area (Å²) >= 11 is 18.8. The van der Waals surface area contributed by atoms with Gasteiger partial charge in [0, 0.05) is 36.2 Å². The van der Waals surface area contributed by atoms with Gasteiger partial charge in [-0.05, 0) is 53.6 Å². The van der Waals surface area contributed by atoms with Gasteiger partial charge in [-0.2, -0.15) is 0 Å². The molecule has 3 aromatic carbocycles. The summed E-state index contributed by atoms with van der Waals surface area (Å²) in [6.07, 6.45) is 0. The molecule has 1 atom stereocenters. The van der Waals surface area contributed by atoms with E-state index >= 15 is 0 Å². The van der Waals surface area contributed by atoms with E-state index in [0.717, 1.165) is 42.6 Å². The summed E-state index contributed by atoms with van der Waals surface area (Å²) in [5, 5.41) is 2.05. The zero-order chi connectivity index (χ0) is 21.1. The Morgan fingerprint density at radius 1 is 0.900 bits per heavy atom. The van der Waals surface area contributed by atoms with Crippen LogP contribution in [0, 0.1) is 0 Å². The van der Waals surface area contributed by atoms with Gasteiger partial charge in [0.2, 0.25) is 0 Å². The normalized spacial score (nSPS) is 17.2. The monoisotopic (exact) mass is 460 g/mol. The lowest BCUT2D eigenvalue weighted by Crippen LogP contribution is -2.48. The highest BCUT2D eigenvalue weighted by Crippen LogP contribution is 2.37. The molecule has 156 valence electrons. The first-order valence-electron chi connectivity index (χ1n) is 9.86. The molecule has 6 heteroatoms. The smallest absolute Gasteiger partial charge is 0.119 e. The minimum absolute atomic E-state index is 0.153. The summed E-state index contributed by atoms with van der Waals surface area (Å²) in [6, 6.07) is 22.2. The number of ether oxygens (including phenoxy) is 1. The minimum Gasteiger partial charge on any atom is -0.497 e. The van der Waals surface area contributed by atoms with Crippen LogP contribution in [0.2, 0.25) is 15.1 Å². The number of piperazine rings is 1. The number of nitrogens with zero attached hydrogens (tertiary/aromatic N) is 2. The van der Waals surface area contributed by atoms with E-state index in [0.29, 0.717) is 10.0 Å². The van der Waals surface area contributed by atoms with Gasteiger partial charge in [0.15, 0.2) is 0 Å². The lowest BCUT2D eigenvalue weighted by molar-refractivity contribution is 0.215. The first kappa shape index (κ1) is 21.3. The van der Waals surface area contributed by atoms with Gasteiger partial charge >= 0.3 is 0 Å². The van der Waals surface area contributed by atoms with Crippen molar-refractivity contribution in [3.05, 3.63) is 92.9 Å². The fourth-order valence-electron chi connectivity index (χ4n) is 3.98. The molecule has 0 aromatic heterocycles. The molecule has 4 rings (SSSR count). The number of methoxy groups -OCH3 is 1. The third kappa shape index (κ3) is 4.87. The Kier molecular flexibility index (Phi) is 6.74. The second kappa shape index (κ2) is 9.49. The van der Waals surface area contributed by atoms with Gasteiger partial charge in [-0.25, -0.2) is 0 Å². The van der Waals surface area contributed by atoms with Gasteiger partial charge < -0.3 is 9.64 Å². The number of rotatable bonds is 5. The van der Waals surface area contributed by atoms with Crippen LogP contribution in [0.15, 0.2) is 66.7 Å². The molecular weight excluding hydrogens is 439 g/mol. The van der Waals surface area contributed by atoms with Gasteiger partial charge in [-0.3, -0.25) is 4.90 Å². The van der Waals surface area contributed by atoms with E-state index in [1.807, 2.05) is 36.4 Å². The van der Waals surface area contributed by atoms with Gasteiger partial charge in [0.1, 0.15) is 5.75 Å². The van der Waals surface area contributed by atoms with Crippen LogP contribution in [0.3, 0.4) is 0 Å². The topological polar surface area (TPSA) is 15.7 Å². The van der Waals surface area contributed by atoms with Crippen LogP contribution in [-0.2, 0) is 6.54 Å². The highest BCUT2D eigenvalue weighted by atomic mass is 35.5. The maximum atomic E-state index is 6.57. The average Bonchev–Trinajstić information content (AvgIpc) is 2.75. The van der Waals surface area contributed by atoms with E-state index < -0.39 is 0 Å². The van der Waals surface area contributed by atoms with E-state index in [-0.39, 0.29) is 6.04 Å². The Balaban J connectivity index is 1.61. The Labute approximate surface area is 192 Å². The van der Waals surface area contributed by atoms with Crippen LogP contribution in [-0.4, -0.2) is 31.6 Å². The highest BCUT2D eigenvalue weighted by Gasteiger charge is 2.29. The van der Waals surface area contributed by atoms with Crippen LogP contribution in [0.5, 0.6) is 5.75 Å². The standard InChI is InChI=1S/C24H23Cl3N2O/c1-30-21-4-2-3-17(13-21)15-28-11-12-29(23-10-9-20(26)14-22(23)27)24(16-28)18-5-7-19(25)8-6-18/h2-10,13-14,24H,11-12,15-16H2,1H3. The third-order valence-electron chi connectivity index (χ3n) is 5.48. The van der Waals surface area contributed by atoms with Crippen LogP contribution in [0.1, 0.15) is 17.2 Å². The number of benzene rings is 3. The molecule has 0 amide bonds. The Morgan fingerprint density at radius 2 is 1.67 bits per heavy atom. The van der Waals surface area contributed by atoms with Crippen LogP contribution in [0.25, 0.3) is 0 Å². The largest absolute Gasteiger partial charge is 0.497 e. The second-order valence-electron chi connectivity index (χ2n) is 7.44. The lowest BCUT2D eigenvalue weighted by atomic mass is 10.0. The van der Waals surface area contributed by atoms with Crippen molar-refractivity contribution < 1.29 is 4.74 Å². The summed E-state index contributed by atoms with van der Waals surface area (Å²) in [5.41, 5.74) is 3.45. The van der Waals surface area contributed by atoms with E-state index in [1.165, 1.54) is 11.1 Å². The van der Waals surface area contributed by atoms with E-state index in [2.05, 4.69) is 34.1 Å². The summed E-state index contributed by atoms with van der Waals surface area (Å²) in [7, 11) is 1.70. The Bertz CT molecular complexity index is 1010. The minimum atomic E-state index is 0.153. The average molecular weight is 462 g/mol. The fourth-order valence-corrected chi connectivity index (χ4v) is 4.63. The molecule has 3 nitrogen and oxygen atoms in total. The molecule has 30 heavy (non-hydrogen) atoms. The van der Waals surface area contributed by atoms with Crippen molar-refractivity contribution >= 4 is 40.5 Å². The molecule has 0 N–H and O–H groups in total. The van der Waals surface area contributed by atoms with Crippen molar-refractivity contribution in [1.82, 2.24) is 4.90 Å². The molecule has 0 bridgehead atoms. The first-order chi connectivity index (χ1) is 14.5. The summed E-state index contributed by atoms with van der Waals surface area (Å²) < 4.78 is 5.38. The molecular formula is C24H23Cl3N2O. The first-order valence-corrected chi connectivity index (χ1v) is 11.0. The molecule has 3 aromatic rings. The van der Waals surface area contributed by atoms with E-state index in [4.69, 9.17) is 39.5 Å². The van der Waals surface area contributed by atoms with Crippen molar-refractivity contribution in [3.63, 3.8) is 0 Å². The summed E-state index contributed by atoms with van der Waals surface area (Å²) in [4.78, 5) is 4.83. The van der Waals surface area contributed by atoms with Crippen molar-refractivity contribution in [3.8, 4) is 5.75 Å². The Morgan fingerprint density at radius 3 is 2.40 bits per heavy atom. The van der Waals surface area contributed by atoms with Gasteiger partial charge in [-0.1, -0.05) is 59.1 Å². The molecule has 0 radical (unpaired) electrons. The molecule has 1 heterocycles. The molecule has 1 aliphatic rings. The Hall–Kier alpha value is -1.91. The quantitative estimate of drug-likeness (QED) is 0.419. The van der Waals surface area contributed by atoms with Crippen molar-refractivity contribution in [1.29, 1.82) is 0 Å². The summed E-state index contributed by atoms with van der Waals surface area (Å²) in [5.74, 6) is 0.883. The van der Waals surface area contributed by atoms with E-state index in [1.54, 1.807) is 13.2 Å². The molecule has 1 fully saturated rings. The number of hydrogen-bond acceptors (Lipinski definition) is 3. The van der Waals surface area contributed by atoms with Crippen LogP contribution < -0.4 is 9.64 Å². The van der Waals surface area contributed by atoms with Crippen molar-refractivity contribution in [2.24, 2.45) is 0 Å². The van der Waals surface area contributed by atoms with Gasteiger partial charge in [0.25, 0.3) is 0 Å². The predicted molar refractivity (Wildman–Crippen MR) is 126 cm³/mol. The SMILES string of the molecule is COc1cccc(CN2CCN(c3ccc(Cl)cc3Cl)C(c3ccc(Cl)cc3)C2)c1. The molecule has 0 spiro atoms. The molecule has 1 unspecified atom stereocenters. The van der Waals surface area contributed by atoms with Crippen molar-refractivity contribution in [2.75, 3.05) is 31.6 Å². The molecule has 1 aliphatic heterocycles. The predicted octanol–water partition coefficient (Wildman–Crippen LogP) is 6.72. The number of anilines is 1. The van der Waals surface area contributed by atoms with Crippen LogP contribution in [0.4, 0.5) is 5.69 Å². The zero-order valence-corrected chi connectivity index (χ0v) is 19.0. The van der Waals surface area contributed by atoms with Crippen LogP contribution >= 0.6 is 34.8 Å². The van der Waals surface area contributed by atoms with Crippen molar-refractivity contribution in [2.45, 2.75) is 12.6 Å². The van der Waals surface area contributed by atoms with E-state index in [9.17, 15) is 0 Å². The van der Waals surface area contributed by atoms with Gasteiger partial charge in [-0.15, -0.1) is 0 Å². The molecule has 1 saturated heterocycles. The maximum absolute atomic E-state index is 6.57. The molecule has 0 saturated carbocycles. The zero-order valence-electron chi connectivity index (χ0n) is 16.7. The highest BCUT2D eigenvalue weighted by molar-refractivity contribution is 6.36. The second-order valence-corrected chi connectivity index (χ2v) is 8.72. The number of halogens is 3. The number of hydrogen-bond donors (Lipinski definition) is 0. The fraction of sp³-hybridized carbons (Fsp3) is 0.250. The third-order valence-corrected chi connectivity index (χ3v) is 6.27. The summed E-state index contributed by atoms with van der Waals surface area (Å²) in [6.45, 7) is 3.53. The maximum Gasteiger partial charge on any atom is 0.119 e. The molecule has 0 aliphatic carbocycles. The lowest BCUT2D eigenvalue weighted by Gasteiger charge is -2.43. The van der Waals surface area contributed by atoms with Gasteiger partial charge in [0.05, 0.1) is 23.9 Å².